The van der Waals surface area contributed by atoms with Gasteiger partial charge in [-0.25, -0.2) is 39.9 Å². The van der Waals surface area contributed by atoms with E-state index in [1.807, 2.05) is 74.5 Å². The lowest BCUT2D eigenvalue weighted by Gasteiger charge is -2.49. The Morgan fingerprint density at radius 3 is 1.53 bits per heavy atom. The smallest absolute Gasteiger partial charge is 0.433 e. The maximum atomic E-state index is 13.5. The minimum atomic E-state index is -4.71. The third kappa shape index (κ3) is 25.7. The first-order valence-electron chi connectivity index (χ1n) is 40.2. The van der Waals surface area contributed by atoms with Crippen LogP contribution in [-0.4, -0.2) is 140 Å². The van der Waals surface area contributed by atoms with Crippen molar-refractivity contribution in [2.75, 3.05) is 43.8 Å². The summed E-state index contributed by atoms with van der Waals surface area (Å²) < 4.78 is 162. The number of benzene rings is 2. The minimum Gasteiger partial charge on any atom is -0.477 e. The monoisotopic (exact) mass is 1740 g/mol. The predicted octanol–water partition coefficient (Wildman–Crippen LogP) is 16.4. The highest BCUT2D eigenvalue weighted by Gasteiger charge is 2.49. The van der Waals surface area contributed by atoms with Gasteiger partial charge in [-0.15, -0.1) is 0 Å². The number of aromatic nitrogens is 13. The normalized spacial score (nSPS) is 20.0. The molecule has 11 N–H and O–H groups in total. The van der Waals surface area contributed by atoms with Crippen LogP contribution in [0.15, 0.2) is 147 Å². The number of aryl methyl sites for hydroxylation is 1. The van der Waals surface area contributed by atoms with Gasteiger partial charge in [0.05, 0.1) is 72.0 Å². The fraction of sp³-hybridized carbons (Fsp3) is 0.430. The van der Waals surface area contributed by atoms with Crippen molar-refractivity contribution in [1.82, 2.24) is 64.8 Å². The van der Waals surface area contributed by atoms with E-state index < -0.39 is 78.2 Å². The van der Waals surface area contributed by atoms with Crippen LogP contribution >= 0.6 is 0 Å². The zero-order valence-electron chi connectivity index (χ0n) is 68.9. The molecule has 4 fully saturated rings. The van der Waals surface area contributed by atoms with Crippen molar-refractivity contribution < 1.29 is 77.8 Å². The molecule has 0 radical (unpaired) electrons. The molecule has 10 aromatic rings. The maximum Gasteiger partial charge on any atom is 0.433 e. The molecule has 2 aromatic carbocycles. The Morgan fingerprint density at radius 2 is 0.976 bits per heavy atom. The molecular formula is C86H94F12N22O5. The van der Waals surface area contributed by atoms with Crippen LogP contribution in [0.3, 0.4) is 0 Å². The van der Waals surface area contributed by atoms with E-state index in [1.165, 1.54) is 30.1 Å². The molecule has 8 aromatic heterocycles. The van der Waals surface area contributed by atoms with Crippen molar-refractivity contribution in [1.29, 1.82) is 10.5 Å². The number of nitrogens with one attached hydrogen (secondary N) is 7. The lowest BCUT2D eigenvalue weighted by atomic mass is 9.58. The third-order valence-electron chi connectivity index (χ3n) is 22.3. The number of rotatable bonds is 25. The largest absolute Gasteiger partial charge is 0.477 e. The van der Waals surface area contributed by atoms with Gasteiger partial charge in [0.25, 0.3) is 0 Å². The molecule has 8 heterocycles. The van der Waals surface area contributed by atoms with E-state index in [2.05, 4.69) is 141 Å². The van der Waals surface area contributed by atoms with Crippen molar-refractivity contribution in [3.8, 4) is 40.5 Å². The maximum absolute atomic E-state index is 13.5. The highest BCUT2D eigenvalue weighted by atomic mass is 19.4. The number of hydrogen-bond donors (Lipinski definition) is 11. The van der Waals surface area contributed by atoms with Gasteiger partial charge >= 0.3 is 24.7 Å². The quantitative estimate of drug-likeness (QED) is 0.0237. The van der Waals surface area contributed by atoms with E-state index in [9.17, 15) is 83.6 Å². The fourth-order valence-electron chi connectivity index (χ4n) is 14.2. The Morgan fingerprint density at radius 1 is 0.480 bits per heavy atom. The number of ether oxygens (including phenoxy) is 1. The van der Waals surface area contributed by atoms with Gasteiger partial charge in [0.1, 0.15) is 58.3 Å². The van der Waals surface area contributed by atoms with E-state index in [1.54, 1.807) is 44.0 Å². The first kappa shape index (κ1) is 93.4. The molecule has 0 spiro atoms. The molecule has 4 aliphatic rings. The van der Waals surface area contributed by atoms with Crippen LogP contribution in [0.5, 0.6) is 5.88 Å². The van der Waals surface area contributed by atoms with Gasteiger partial charge < -0.3 is 62.4 Å². The van der Waals surface area contributed by atoms with Crippen LogP contribution < -0.4 is 42.0 Å². The van der Waals surface area contributed by atoms with E-state index in [4.69, 9.17) is 4.74 Å². The van der Waals surface area contributed by atoms with E-state index in [0.717, 1.165) is 52.5 Å². The third-order valence-corrected chi connectivity index (χ3v) is 22.3. The fourth-order valence-corrected chi connectivity index (χ4v) is 14.2. The predicted molar refractivity (Wildman–Crippen MR) is 440 cm³/mol. The number of nitrogens with zero attached hydrogens (tertiary/aromatic N) is 15. The molecule has 0 aliphatic heterocycles. The van der Waals surface area contributed by atoms with Crippen molar-refractivity contribution in [3.05, 3.63) is 208 Å². The van der Waals surface area contributed by atoms with E-state index >= 15 is 0 Å². The van der Waals surface area contributed by atoms with E-state index in [-0.39, 0.29) is 94.7 Å². The molecule has 4 saturated carbocycles. The molecule has 0 bridgehead atoms. The second-order valence-corrected chi connectivity index (χ2v) is 32.2. The van der Waals surface area contributed by atoms with Crippen LogP contribution in [-0.2, 0) is 51.1 Å². The molecule has 4 aliphatic carbocycles. The summed E-state index contributed by atoms with van der Waals surface area (Å²) in [6.07, 6.45) is -2.74. The number of aliphatic hydroxyl groups is 4. The number of pyridine rings is 3. The topological polar surface area (TPSA) is 390 Å². The molecule has 4 atom stereocenters. The van der Waals surface area contributed by atoms with Crippen LogP contribution in [0.2, 0.25) is 0 Å². The minimum absolute atomic E-state index is 0.0516. The average Bonchev–Trinajstić information content (AvgIpc) is 0.771. The summed E-state index contributed by atoms with van der Waals surface area (Å²) in [5.74, 6) is 0.552. The summed E-state index contributed by atoms with van der Waals surface area (Å²) in [5, 5.41) is 79.1. The van der Waals surface area contributed by atoms with Gasteiger partial charge in [-0.1, -0.05) is 106 Å². The van der Waals surface area contributed by atoms with Crippen molar-refractivity contribution in [2.45, 2.75) is 212 Å². The van der Waals surface area contributed by atoms with Crippen molar-refractivity contribution in [2.24, 2.45) is 16.7 Å². The number of nitriles is 2. The molecular weight excluding hydrogens is 1650 g/mol. The van der Waals surface area contributed by atoms with Crippen molar-refractivity contribution in [3.63, 3.8) is 0 Å². The molecule has 27 nitrogen and oxygen atoms in total. The Balaban J connectivity index is 0.000000162. The van der Waals surface area contributed by atoms with Crippen LogP contribution in [0, 0.1) is 46.3 Å². The first-order valence-corrected chi connectivity index (χ1v) is 40.2. The van der Waals surface area contributed by atoms with Gasteiger partial charge in [0.2, 0.25) is 29.7 Å². The first-order chi connectivity index (χ1) is 59.2. The lowest BCUT2D eigenvalue weighted by Crippen LogP contribution is -2.57. The highest BCUT2D eigenvalue weighted by molar-refractivity contribution is 5.65. The second-order valence-electron chi connectivity index (χ2n) is 32.2. The van der Waals surface area contributed by atoms with E-state index in [0.29, 0.717) is 112 Å². The summed E-state index contributed by atoms with van der Waals surface area (Å²) in [5.41, 5.74) is 3.96. The van der Waals surface area contributed by atoms with Crippen LogP contribution in [0.1, 0.15) is 167 Å². The molecule has 0 amide bonds. The van der Waals surface area contributed by atoms with Crippen molar-refractivity contribution >= 4 is 41.2 Å². The number of anilines is 7. The Labute approximate surface area is 712 Å². The number of alkyl halides is 12. The molecule has 0 unspecified atom stereocenters. The van der Waals surface area contributed by atoms with Gasteiger partial charge in [-0.2, -0.15) is 78.2 Å². The SMILES string of the molecule is CC1(C)[C@H](O)C[C@H]1Nc1nc(NCc2cccnc2OCCC(F)(F)F)ncc1C#N.CC1(O)CCC(Nc2nc(NCc3cccnc3C(F)(F)F)ncc2C(F)(F)F)CC1.Cc1ccc(-c2ncncc2CNc2ncc(C#N)c(C[C@@H]3C[C@H](O)C3(C)C)n2)cc1.OC1CCC(Nc2nc(NCc3cccnc3-c3ccccc3)ncc2C(F)(F)F)CC1. The van der Waals surface area contributed by atoms with Gasteiger partial charge in [-0.3, -0.25) is 9.97 Å². The van der Waals surface area contributed by atoms with Gasteiger partial charge in [-0.05, 0) is 120 Å². The summed E-state index contributed by atoms with van der Waals surface area (Å²) in [7, 11) is 0. The molecule has 662 valence electrons. The van der Waals surface area contributed by atoms with Gasteiger partial charge in [0, 0.05) is 115 Å². The summed E-state index contributed by atoms with van der Waals surface area (Å²) >= 11 is 0. The average molecular weight is 1740 g/mol. The molecule has 125 heavy (non-hydrogen) atoms. The summed E-state index contributed by atoms with van der Waals surface area (Å²) in [6, 6.07) is 31.1. The van der Waals surface area contributed by atoms with Crippen LogP contribution in [0.4, 0.5) is 93.9 Å². The highest BCUT2D eigenvalue weighted by Crippen LogP contribution is 2.48. The number of halogens is 12. The number of hydrogen-bond acceptors (Lipinski definition) is 27. The lowest BCUT2D eigenvalue weighted by molar-refractivity contribution is -0.142. The summed E-state index contributed by atoms with van der Waals surface area (Å²) in [6.45, 7) is 11.7. The second kappa shape index (κ2) is 40.5. The molecule has 0 saturated heterocycles. The zero-order chi connectivity index (χ0) is 90.1. The zero-order valence-corrected chi connectivity index (χ0v) is 68.9. The Kier molecular flexibility index (Phi) is 30.3. The Bertz CT molecular complexity index is 5330. The number of aliphatic hydroxyl groups excluding tert-OH is 3. The standard InChI is InChI=1S/C24H26N6O.C23H24F3N5O.C20H23F3N6O2.C19H21F6N5O/c1-15-4-6-16(7-5-15)22-18(11-26-14-29-22)13-28-23-27-12-17(10-25)20(30-23)8-19-9-21(31)24(19,2)3;24-23(25,26)19-14-29-22(31-21(19)30-17-8-10-18(32)11-9-17)28-13-16-7-4-12-27-20(16)15-5-2-1-3-6-15;1-19(2)14(8-15(19)30)28-16-13(9-24)11-27-18(29-16)26-10-12-4-3-6-25-17(12)31-7-5-20(21,22)23;1-17(31)6-4-12(5-7-17)29-15-13(18(20,21)22)10-28-16(30-15)27-9-11-3-2-8-26-14(11)19(23,24)25/h4-7,11-12,14,19,21,31H,8-9,13H2,1-3H3,(H,27,28,30);1-7,12,14,17-18,32H,8-11,13H2,(H2,28,29,30,31);3-4,6,11,14-15,30H,5,7-8,10H2,1-2H3,(H2,26,27,28,29);2-3,8,10,12,31H,4-7,9H2,1H3,(H2,27,28,29,30)/t19-,21+;;14-,15-;/m1.1./s1. The van der Waals surface area contributed by atoms with Crippen LogP contribution in [0.25, 0.3) is 22.5 Å². The molecule has 14 rings (SSSR count). The summed E-state index contributed by atoms with van der Waals surface area (Å²) in [4.78, 5) is 53.3. The Hall–Kier alpha value is -12.3. The van der Waals surface area contributed by atoms with Gasteiger partial charge in [0.15, 0.2) is 0 Å². The molecule has 39 heteroatoms.